The van der Waals surface area contributed by atoms with E-state index < -0.39 is 15.9 Å². The lowest BCUT2D eigenvalue weighted by Crippen LogP contribution is -2.41. The Labute approximate surface area is 249 Å². The monoisotopic (exact) mass is 638 g/mol. The summed E-state index contributed by atoms with van der Waals surface area (Å²) in [5.41, 5.74) is 1.46. The zero-order chi connectivity index (χ0) is 29.4. The highest BCUT2D eigenvalue weighted by Gasteiger charge is 2.63. The number of halogens is 1. The molecule has 216 valence electrons. The van der Waals surface area contributed by atoms with Gasteiger partial charge in [0.25, 0.3) is 15.9 Å². The minimum absolute atomic E-state index is 0.0597. The van der Waals surface area contributed by atoms with Crippen molar-refractivity contribution in [2.75, 3.05) is 16.8 Å². The zero-order valence-corrected chi connectivity index (χ0v) is 26.3. The molecule has 3 atom stereocenters. The van der Waals surface area contributed by atoms with Crippen molar-refractivity contribution in [2.24, 2.45) is 11.3 Å². The maximum Gasteiger partial charge on any atom is 0.281 e. The summed E-state index contributed by atoms with van der Waals surface area (Å²) in [6, 6.07) is 12.0. The summed E-state index contributed by atoms with van der Waals surface area (Å²) in [6.45, 7) is 11.3. The molecule has 9 nitrogen and oxygen atoms in total. The van der Waals surface area contributed by atoms with Crippen molar-refractivity contribution < 1.29 is 13.2 Å². The predicted octanol–water partition coefficient (Wildman–Crippen LogP) is 5.60. The first-order chi connectivity index (χ1) is 19.2. The summed E-state index contributed by atoms with van der Waals surface area (Å²) in [5.74, 6) is 0.618. The van der Waals surface area contributed by atoms with Crippen LogP contribution in [0.2, 0.25) is 0 Å². The van der Waals surface area contributed by atoms with Gasteiger partial charge in [-0.2, -0.15) is 8.42 Å². The molecule has 6 rings (SSSR count). The highest BCUT2D eigenvalue weighted by Crippen LogP contribution is 2.65. The molecule has 41 heavy (non-hydrogen) atoms. The topological polar surface area (TPSA) is 117 Å². The molecule has 0 aromatic carbocycles. The molecule has 2 fully saturated rings. The molecule has 3 aliphatic rings. The molecule has 2 aliphatic heterocycles. The Morgan fingerprint density at radius 1 is 1.10 bits per heavy atom. The number of hydrogen-bond acceptors (Lipinski definition) is 8. The molecule has 11 heteroatoms. The van der Waals surface area contributed by atoms with Crippen LogP contribution in [0.4, 0.5) is 11.6 Å². The molecule has 3 aromatic heterocycles. The van der Waals surface area contributed by atoms with Crippen LogP contribution in [0.1, 0.15) is 81.7 Å². The minimum Gasteiger partial charge on any atom is -0.362 e. The molecule has 1 saturated heterocycles. The fourth-order valence-electron chi connectivity index (χ4n) is 6.53. The smallest absolute Gasteiger partial charge is 0.281 e. The lowest BCUT2D eigenvalue weighted by atomic mass is 9.90. The van der Waals surface area contributed by atoms with E-state index in [4.69, 9.17) is 4.98 Å². The maximum absolute atomic E-state index is 13.6. The van der Waals surface area contributed by atoms with Gasteiger partial charge in [0.05, 0.1) is 17.3 Å². The molecule has 1 saturated carbocycles. The van der Waals surface area contributed by atoms with E-state index >= 15 is 0 Å². The third kappa shape index (κ3) is 5.22. The molecule has 4 bridgehead atoms. The van der Waals surface area contributed by atoms with E-state index in [0.717, 1.165) is 41.7 Å². The van der Waals surface area contributed by atoms with Crippen molar-refractivity contribution in [3.63, 3.8) is 0 Å². The van der Waals surface area contributed by atoms with Gasteiger partial charge in [-0.1, -0.05) is 42.8 Å². The van der Waals surface area contributed by atoms with Gasteiger partial charge in [-0.25, -0.2) is 14.7 Å². The summed E-state index contributed by atoms with van der Waals surface area (Å²) in [4.78, 5) is 29.9. The van der Waals surface area contributed by atoms with Crippen LogP contribution in [0.5, 0.6) is 0 Å². The Balaban J connectivity index is 1.50. The van der Waals surface area contributed by atoms with Crippen LogP contribution in [0.15, 0.2) is 58.2 Å². The summed E-state index contributed by atoms with van der Waals surface area (Å²) in [6.07, 6.45) is 4.57. The Bertz CT molecular complexity index is 1650. The molecule has 3 aromatic rings. The number of amides is 1. The van der Waals surface area contributed by atoms with Gasteiger partial charge in [0.15, 0.2) is 5.03 Å². The second-order valence-electron chi connectivity index (χ2n) is 13.3. The average Bonchev–Trinajstić information content (AvgIpc) is 3.46. The predicted molar refractivity (Wildman–Crippen MR) is 161 cm³/mol. The number of nitrogens with one attached hydrogen (secondary N) is 2. The second-order valence-corrected chi connectivity index (χ2v) is 15.8. The SMILES string of the molecule is CC(C)(C)c1ccc2c(n1)N1CC3(CC3CC(c3cc(Br)ccn3)Nc3cccc(n3)S(=O)(=O)NC2=O)CC1(C)C. The number of rotatable bonds is 1. The van der Waals surface area contributed by atoms with Crippen LogP contribution in [-0.2, 0) is 15.4 Å². The number of fused-ring (bicyclic) bond motifs is 5. The Morgan fingerprint density at radius 3 is 2.61 bits per heavy atom. The molecular formula is C30H35BrN6O3S. The summed E-state index contributed by atoms with van der Waals surface area (Å²) < 4.78 is 30.0. The Kier molecular flexibility index (Phi) is 6.50. The molecule has 1 aliphatic carbocycles. The van der Waals surface area contributed by atoms with Crippen LogP contribution in [-0.4, -0.2) is 41.4 Å². The lowest BCUT2D eigenvalue weighted by Gasteiger charge is -2.34. The van der Waals surface area contributed by atoms with Gasteiger partial charge in [0, 0.05) is 33.9 Å². The van der Waals surface area contributed by atoms with Gasteiger partial charge in [-0.15, -0.1) is 0 Å². The number of sulfonamides is 1. The van der Waals surface area contributed by atoms with E-state index in [0.29, 0.717) is 17.6 Å². The van der Waals surface area contributed by atoms with Crippen molar-refractivity contribution >= 4 is 43.5 Å². The van der Waals surface area contributed by atoms with E-state index in [1.54, 1.807) is 24.4 Å². The van der Waals surface area contributed by atoms with Crippen LogP contribution < -0.4 is 14.9 Å². The number of carbonyl (C=O) groups is 1. The number of aromatic nitrogens is 3. The molecule has 1 spiro atoms. The molecule has 2 N–H and O–H groups in total. The fourth-order valence-corrected chi connectivity index (χ4v) is 7.82. The van der Waals surface area contributed by atoms with Crippen molar-refractivity contribution in [1.29, 1.82) is 0 Å². The van der Waals surface area contributed by atoms with E-state index in [1.165, 1.54) is 6.07 Å². The zero-order valence-electron chi connectivity index (χ0n) is 23.9. The van der Waals surface area contributed by atoms with Crippen LogP contribution in [0, 0.1) is 11.3 Å². The Morgan fingerprint density at radius 2 is 1.88 bits per heavy atom. The highest BCUT2D eigenvalue weighted by molar-refractivity contribution is 9.10. The summed E-state index contributed by atoms with van der Waals surface area (Å²) in [5, 5.41) is 3.22. The second kappa shape index (κ2) is 9.49. The molecular weight excluding hydrogens is 604 g/mol. The number of pyridine rings is 3. The van der Waals surface area contributed by atoms with Gasteiger partial charge in [0.2, 0.25) is 0 Å². The van der Waals surface area contributed by atoms with Gasteiger partial charge in [-0.3, -0.25) is 9.78 Å². The molecule has 5 heterocycles. The standard InChI is InChI=1S/C30H35BrN6O3S/c1-28(2,3)23-10-9-20-26(34-23)37-17-30(16-29(37,4)5)15-18(30)13-22(21-14-19(31)11-12-32-21)33-24-7-6-8-25(35-24)41(39,40)36-27(20)38/h6-12,14,18,22H,13,15-17H2,1-5H3,(H,33,35)(H,36,38). The van der Waals surface area contributed by atoms with Crippen molar-refractivity contribution in [3.05, 3.63) is 70.1 Å². The molecule has 1 amide bonds. The number of nitrogens with zero attached hydrogens (tertiary/aromatic N) is 4. The van der Waals surface area contributed by atoms with Crippen LogP contribution in [0.25, 0.3) is 0 Å². The number of carbonyl (C=O) groups excluding carboxylic acids is 1. The van der Waals surface area contributed by atoms with Gasteiger partial charge < -0.3 is 10.2 Å². The molecule has 0 radical (unpaired) electrons. The first kappa shape index (κ1) is 28.1. The average molecular weight is 640 g/mol. The van der Waals surface area contributed by atoms with E-state index in [-0.39, 0.29) is 33.0 Å². The lowest BCUT2D eigenvalue weighted by molar-refractivity contribution is 0.0981. The van der Waals surface area contributed by atoms with Crippen molar-refractivity contribution in [3.8, 4) is 0 Å². The van der Waals surface area contributed by atoms with Gasteiger partial charge >= 0.3 is 0 Å². The first-order valence-electron chi connectivity index (χ1n) is 13.9. The van der Waals surface area contributed by atoms with E-state index in [2.05, 4.69) is 75.5 Å². The number of anilines is 2. The van der Waals surface area contributed by atoms with Crippen LogP contribution >= 0.6 is 15.9 Å². The van der Waals surface area contributed by atoms with Crippen molar-refractivity contribution in [2.45, 2.75) is 75.9 Å². The first-order valence-corrected chi connectivity index (χ1v) is 16.2. The van der Waals surface area contributed by atoms with Gasteiger partial charge in [0.1, 0.15) is 11.6 Å². The summed E-state index contributed by atoms with van der Waals surface area (Å²) in [7, 11) is -4.26. The quantitative estimate of drug-likeness (QED) is 0.354. The third-order valence-corrected chi connectivity index (χ3v) is 10.4. The minimum atomic E-state index is -4.26. The maximum atomic E-state index is 13.6. The van der Waals surface area contributed by atoms with E-state index in [9.17, 15) is 13.2 Å². The van der Waals surface area contributed by atoms with Gasteiger partial charge in [-0.05, 0) is 80.8 Å². The molecule has 3 unspecified atom stereocenters. The fraction of sp³-hybridized carbons (Fsp3) is 0.467. The van der Waals surface area contributed by atoms with Crippen molar-refractivity contribution in [1.82, 2.24) is 19.7 Å². The normalized spacial score (nSPS) is 26.5. The number of hydrogen-bond donors (Lipinski definition) is 2. The third-order valence-electron chi connectivity index (χ3n) is 8.66. The Hall–Kier alpha value is -3.05. The largest absolute Gasteiger partial charge is 0.362 e. The summed E-state index contributed by atoms with van der Waals surface area (Å²) >= 11 is 3.57. The van der Waals surface area contributed by atoms with E-state index in [1.807, 2.05) is 18.2 Å². The highest BCUT2D eigenvalue weighted by atomic mass is 79.9. The van der Waals surface area contributed by atoms with Crippen LogP contribution in [0.3, 0.4) is 0 Å².